The SMILES string of the molecule is CC(C)c1cc(C(C)C)c(S(=O)(=O)N2C/C=C/CN(S(=O)(=O)c3c(C(C)C)cc(C(C)C)cc3C(C)C)C/C=C/CN(S(=O)(=O)c3c(C(C)C)cc(C(C)C)cc3C(C)C)C/C=C/CN(S(=O)(=O)c3c(C(C)C)cc(C(C)C)cc3C(C)C)C/C=C/C2)c(C(C)C)c1. The Hall–Kier alpha value is -4.52. The van der Waals surface area contributed by atoms with Gasteiger partial charge in [-0.1, -0.05) is 263 Å². The van der Waals surface area contributed by atoms with Crippen molar-refractivity contribution in [1.82, 2.24) is 17.2 Å². The van der Waals surface area contributed by atoms with Crippen LogP contribution in [0.4, 0.5) is 0 Å². The molecule has 0 atom stereocenters. The predicted octanol–water partition coefficient (Wildman–Crippen LogP) is 18.5. The topological polar surface area (TPSA) is 150 Å². The Morgan fingerprint density at radius 3 is 0.402 bits per heavy atom. The maximum Gasteiger partial charge on any atom is 0.244 e. The molecule has 0 fully saturated rings. The van der Waals surface area contributed by atoms with Crippen molar-refractivity contribution in [3.05, 3.63) is 164 Å². The van der Waals surface area contributed by atoms with Gasteiger partial charge in [0.2, 0.25) is 40.1 Å². The molecule has 0 radical (unpaired) electrons. The molecule has 0 unspecified atom stereocenters. The highest BCUT2D eigenvalue weighted by atomic mass is 32.2. The van der Waals surface area contributed by atoms with Gasteiger partial charge in [0.15, 0.2) is 0 Å². The highest BCUT2D eigenvalue weighted by molar-refractivity contribution is 7.90. The zero-order chi connectivity index (χ0) is 69.4. The molecule has 1 aliphatic heterocycles. The first-order valence-electron chi connectivity index (χ1n) is 33.9. The number of benzene rings is 4. The van der Waals surface area contributed by atoms with E-state index in [1.807, 2.05) is 159 Å². The first-order chi connectivity index (χ1) is 42.6. The van der Waals surface area contributed by atoms with Crippen LogP contribution in [0.3, 0.4) is 0 Å². The van der Waals surface area contributed by atoms with Gasteiger partial charge in [-0.2, -0.15) is 17.2 Å². The lowest BCUT2D eigenvalue weighted by Gasteiger charge is -2.28. The number of rotatable bonds is 20. The van der Waals surface area contributed by atoms with Crippen molar-refractivity contribution in [2.45, 2.75) is 257 Å². The highest BCUT2D eigenvalue weighted by Gasteiger charge is 2.37. The molecule has 0 saturated heterocycles. The molecule has 0 spiro atoms. The van der Waals surface area contributed by atoms with Gasteiger partial charge < -0.3 is 0 Å². The van der Waals surface area contributed by atoms with E-state index in [4.69, 9.17) is 0 Å². The normalized spacial score (nSPS) is 17.6. The summed E-state index contributed by atoms with van der Waals surface area (Å²) in [5.41, 5.74) is 9.83. The second kappa shape index (κ2) is 32.5. The van der Waals surface area contributed by atoms with Crippen LogP contribution < -0.4 is 0 Å². The molecule has 92 heavy (non-hydrogen) atoms. The number of hydrogen-bond acceptors (Lipinski definition) is 8. The summed E-state index contributed by atoms with van der Waals surface area (Å²) in [6.45, 7) is 47.7. The van der Waals surface area contributed by atoms with Crippen LogP contribution in [0.25, 0.3) is 0 Å². The third kappa shape index (κ3) is 18.1. The van der Waals surface area contributed by atoms with Crippen molar-refractivity contribution in [2.75, 3.05) is 52.4 Å². The van der Waals surface area contributed by atoms with E-state index < -0.39 is 40.1 Å². The Morgan fingerprint density at radius 1 is 0.207 bits per heavy atom. The Bertz CT molecular complexity index is 3150. The Labute approximate surface area is 560 Å². The van der Waals surface area contributed by atoms with Crippen LogP contribution >= 0.6 is 0 Å². The largest absolute Gasteiger partial charge is 0.244 e. The molecule has 0 saturated carbocycles. The van der Waals surface area contributed by atoms with Gasteiger partial charge in [-0.3, -0.25) is 0 Å². The molecule has 0 N–H and O–H groups in total. The van der Waals surface area contributed by atoms with Gasteiger partial charge in [0.1, 0.15) is 0 Å². The van der Waals surface area contributed by atoms with Crippen LogP contribution in [0, 0.1) is 0 Å². The number of nitrogens with zero attached hydrogens (tertiary/aromatic N) is 4. The van der Waals surface area contributed by atoms with Crippen molar-refractivity contribution < 1.29 is 33.7 Å². The summed E-state index contributed by atoms with van der Waals surface area (Å²) in [5.74, 6) is -0.708. The molecule has 0 aromatic heterocycles. The van der Waals surface area contributed by atoms with Crippen molar-refractivity contribution in [1.29, 1.82) is 0 Å². The molecule has 1 aliphatic rings. The second-order valence-electron chi connectivity index (χ2n) is 29.1. The van der Waals surface area contributed by atoms with Crippen LogP contribution in [-0.2, 0) is 40.1 Å². The lowest BCUT2D eigenvalue weighted by Crippen LogP contribution is -2.36. The molecule has 512 valence electrons. The minimum atomic E-state index is -4.31. The van der Waals surface area contributed by atoms with Gasteiger partial charge in [-0.15, -0.1) is 0 Å². The smallest absolute Gasteiger partial charge is 0.207 e. The molecule has 0 bridgehead atoms. The maximum atomic E-state index is 15.8. The summed E-state index contributed by atoms with van der Waals surface area (Å²) in [7, 11) is -17.3. The summed E-state index contributed by atoms with van der Waals surface area (Å²) >= 11 is 0. The quantitative estimate of drug-likeness (QED) is 0.0794. The molecule has 0 amide bonds. The van der Waals surface area contributed by atoms with Gasteiger partial charge in [0, 0.05) is 52.4 Å². The summed E-state index contributed by atoms with van der Waals surface area (Å²) < 4.78 is 132. The van der Waals surface area contributed by atoms with Crippen molar-refractivity contribution >= 4 is 40.1 Å². The summed E-state index contributed by atoms with van der Waals surface area (Å²) in [6.07, 6.45) is 13.6. The lowest BCUT2D eigenvalue weighted by molar-refractivity contribution is 0.455. The Balaban J connectivity index is 1.86. The zero-order valence-electron chi connectivity index (χ0n) is 60.5. The number of hydrogen-bond donors (Lipinski definition) is 0. The average Bonchev–Trinajstić information content (AvgIpc) is 0.787. The fraction of sp³-hybridized carbons (Fsp3) is 0.579. The molecular weight excluding hydrogens is 1230 g/mol. The van der Waals surface area contributed by atoms with Crippen LogP contribution in [0.1, 0.15) is 304 Å². The highest BCUT2D eigenvalue weighted by Crippen LogP contribution is 2.42. The van der Waals surface area contributed by atoms with E-state index in [9.17, 15) is 0 Å². The van der Waals surface area contributed by atoms with Gasteiger partial charge in [0.25, 0.3) is 0 Å². The van der Waals surface area contributed by atoms with Gasteiger partial charge >= 0.3 is 0 Å². The van der Waals surface area contributed by atoms with E-state index in [2.05, 4.69) is 55.4 Å². The Morgan fingerprint density at radius 2 is 0.315 bits per heavy atom. The summed E-state index contributed by atoms with van der Waals surface area (Å²) in [6, 6.07) is 16.1. The predicted molar refractivity (Wildman–Crippen MR) is 386 cm³/mol. The molecule has 16 heteroatoms. The summed E-state index contributed by atoms with van der Waals surface area (Å²) in [5, 5.41) is 0. The molecule has 1 heterocycles. The fourth-order valence-corrected chi connectivity index (χ4v) is 19.9. The number of sulfonamides is 4. The van der Waals surface area contributed by atoms with E-state index in [-0.39, 0.29) is 143 Å². The Kier molecular flexibility index (Phi) is 27.6. The molecule has 12 nitrogen and oxygen atoms in total. The van der Waals surface area contributed by atoms with E-state index in [0.717, 1.165) is 22.3 Å². The van der Waals surface area contributed by atoms with Crippen molar-refractivity contribution in [3.63, 3.8) is 0 Å². The van der Waals surface area contributed by atoms with Crippen molar-refractivity contribution in [2.24, 2.45) is 0 Å². The maximum absolute atomic E-state index is 15.8. The molecule has 4 aromatic rings. The third-order valence-corrected chi connectivity index (χ3v) is 25.7. The molecule has 0 aliphatic carbocycles. The second-order valence-corrected chi connectivity index (χ2v) is 36.6. The van der Waals surface area contributed by atoms with Gasteiger partial charge in [-0.05, 0) is 138 Å². The minimum Gasteiger partial charge on any atom is -0.207 e. The van der Waals surface area contributed by atoms with Crippen molar-refractivity contribution in [3.8, 4) is 0 Å². The van der Waals surface area contributed by atoms with Gasteiger partial charge in [0.05, 0.1) is 19.6 Å². The third-order valence-electron chi connectivity index (χ3n) is 17.8. The first-order valence-corrected chi connectivity index (χ1v) is 39.7. The monoisotopic (exact) mass is 1340 g/mol. The van der Waals surface area contributed by atoms with E-state index in [1.54, 1.807) is 48.6 Å². The first kappa shape index (κ1) is 78.2. The van der Waals surface area contributed by atoms with Gasteiger partial charge in [-0.25, -0.2) is 33.7 Å². The molecule has 4 aromatic carbocycles. The van der Waals surface area contributed by atoms with Crippen LogP contribution in [0.15, 0.2) is 117 Å². The lowest BCUT2D eigenvalue weighted by atomic mass is 9.89. The van der Waals surface area contributed by atoms with E-state index in [1.165, 1.54) is 17.2 Å². The zero-order valence-corrected chi connectivity index (χ0v) is 63.8. The standard InChI is InChI=1S/C76H116N4O8S4/c1-49(2)61-41-65(53(9)10)73(66(42-61)54(11)12)89(81,82)77-33-25-27-35-78(90(83,84)74-67(55(13)14)43-62(50(3)4)44-68(74)56(15)16)37-29-31-39-80(92(87,88)76-71(59(21)22)47-64(52(7)8)48-72(76)60(23)24)40-32-30-38-79(36-28-26-34-77)91(85,86)75-69(57(17)18)45-63(51(5)6)46-70(75)58(19)20/h25-32,41-60H,33-40H2,1-24H3/b27-25+,28-26+,31-29+,32-30+. The minimum absolute atomic E-state index is 0.138. The molecule has 5 rings (SSSR count). The van der Waals surface area contributed by atoms with E-state index >= 15 is 33.7 Å². The van der Waals surface area contributed by atoms with Crippen LogP contribution in [-0.4, -0.2) is 103 Å². The molecular formula is C76H116N4O8S4. The van der Waals surface area contributed by atoms with Crippen LogP contribution in [0.5, 0.6) is 0 Å². The summed E-state index contributed by atoms with van der Waals surface area (Å²) in [4.78, 5) is 0.985. The van der Waals surface area contributed by atoms with E-state index in [0.29, 0.717) is 44.5 Å². The fourth-order valence-electron chi connectivity index (χ4n) is 11.9. The van der Waals surface area contributed by atoms with Crippen LogP contribution in [0.2, 0.25) is 0 Å². The average molecular weight is 1340 g/mol.